The van der Waals surface area contributed by atoms with Crippen molar-refractivity contribution in [1.29, 1.82) is 0 Å². The molecule has 2 N–H and O–H groups in total. The van der Waals surface area contributed by atoms with E-state index in [-0.39, 0.29) is 6.61 Å². The van der Waals surface area contributed by atoms with Crippen LogP contribution in [-0.2, 0) is 9.53 Å². The molecule has 4 nitrogen and oxygen atoms in total. The molecular weight excluding hydrogens is 218 g/mol. The van der Waals surface area contributed by atoms with Crippen molar-refractivity contribution in [3.63, 3.8) is 0 Å². The molecule has 4 heteroatoms. The SMILES string of the molecule is COCC(NC1CCCCC1C(C)C)C(=O)O. The highest BCUT2D eigenvalue weighted by Crippen LogP contribution is 2.30. The highest BCUT2D eigenvalue weighted by Gasteiger charge is 2.30. The van der Waals surface area contributed by atoms with Crippen molar-refractivity contribution in [2.45, 2.75) is 51.6 Å². The van der Waals surface area contributed by atoms with E-state index in [0.29, 0.717) is 17.9 Å². The molecule has 0 aliphatic heterocycles. The topological polar surface area (TPSA) is 58.6 Å². The standard InChI is InChI=1S/C13H25NO3/c1-9(2)10-6-4-5-7-11(10)14-12(8-17-3)13(15)16/h9-12,14H,4-8H2,1-3H3,(H,15,16). The Kier molecular flexibility index (Phi) is 5.92. The molecular formula is C13H25NO3. The Hall–Kier alpha value is -0.610. The van der Waals surface area contributed by atoms with Crippen LogP contribution >= 0.6 is 0 Å². The number of hydrogen-bond donors (Lipinski definition) is 2. The first kappa shape index (κ1) is 14.5. The molecule has 0 aromatic rings. The molecule has 100 valence electrons. The first-order chi connectivity index (χ1) is 8.06. The van der Waals surface area contributed by atoms with Crippen molar-refractivity contribution in [3.8, 4) is 0 Å². The molecule has 1 rings (SSSR count). The monoisotopic (exact) mass is 243 g/mol. The smallest absolute Gasteiger partial charge is 0.323 e. The Morgan fingerprint density at radius 2 is 2.06 bits per heavy atom. The third kappa shape index (κ3) is 4.28. The van der Waals surface area contributed by atoms with Gasteiger partial charge in [-0.05, 0) is 24.7 Å². The maximum Gasteiger partial charge on any atom is 0.323 e. The van der Waals surface area contributed by atoms with E-state index in [1.54, 1.807) is 7.11 Å². The minimum Gasteiger partial charge on any atom is -0.480 e. The summed E-state index contributed by atoms with van der Waals surface area (Å²) in [6.07, 6.45) is 4.74. The number of nitrogens with one attached hydrogen (secondary N) is 1. The van der Waals surface area contributed by atoms with Crippen LogP contribution in [0.3, 0.4) is 0 Å². The second-order valence-corrected chi connectivity index (χ2v) is 5.31. The van der Waals surface area contributed by atoms with E-state index in [9.17, 15) is 4.79 Å². The number of rotatable bonds is 6. The van der Waals surface area contributed by atoms with Crippen LogP contribution in [-0.4, -0.2) is 36.9 Å². The van der Waals surface area contributed by atoms with E-state index in [1.165, 1.54) is 19.3 Å². The van der Waals surface area contributed by atoms with Crippen molar-refractivity contribution in [1.82, 2.24) is 5.32 Å². The highest BCUT2D eigenvalue weighted by atomic mass is 16.5. The summed E-state index contributed by atoms with van der Waals surface area (Å²) in [5.41, 5.74) is 0. The predicted molar refractivity (Wildman–Crippen MR) is 67.0 cm³/mol. The summed E-state index contributed by atoms with van der Waals surface area (Å²) in [4.78, 5) is 11.1. The van der Waals surface area contributed by atoms with Crippen LogP contribution < -0.4 is 5.32 Å². The van der Waals surface area contributed by atoms with Gasteiger partial charge in [-0.1, -0.05) is 26.7 Å². The Bertz CT molecular complexity index is 243. The Morgan fingerprint density at radius 1 is 1.41 bits per heavy atom. The zero-order chi connectivity index (χ0) is 12.8. The van der Waals surface area contributed by atoms with Gasteiger partial charge in [0, 0.05) is 13.2 Å². The molecule has 0 aromatic carbocycles. The number of carbonyl (C=O) groups is 1. The molecule has 3 atom stereocenters. The second-order valence-electron chi connectivity index (χ2n) is 5.31. The summed E-state index contributed by atoms with van der Waals surface area (Å²) in [6, 6.07) is -0.260. The van der Waals surface area contributed by atoms with Gasteiger partial charge in [0.15, 0.2) is 0 Å². The lowest BCUT2D eigenvalue weighted by molar-refractivity contribution is -0.141. The fourth-order valence-electron chi connectivity index (χ4n) is 2.78. The van der Waals surface area contributed by atoms with Gasteiger partial charge in [0.05, 0.1) is 6.61 Å². The van der Waals surface area contributed by atoms with E-state index in [0.717, 1.165) is 6.42 Å². The lowest BCUT2D eigenvalue weighted by Crippen LogP contribution is -2.50. The van der Waals surface area contributed by atoms with Gasteiger partial charge in [-0.2, -0.15) is 0 Å². The number of carboxylic acids is 1. The molecule has 1 aliphatic carbocycles. The van der Waals surface area contributed by atoms with Crippen LogP contribution in [0.2, 0.25) is 0 Å². The number of ether oxygens (including phenoxy) is 1. The third-order valence-electron chi connectivity index (χ3n) is 3.72. The third-order valence-corrected chi connectivity index (χ3v) is 3.72. The number of hydrogen-bond acceptors (Lipinski definition) is 3. The molecule has 0 spiro atoms. The lowest BCUT2D eigenvalue weighted by Gasteiger charge is -2.36. The van der Waals surface area contributed by atoms with Crippen LogP contribution in [0.25, 0.3) is 0 Å². The molecule has 3 unspecified atom stereocenters. The van der Waals surface area contributed by atoms with Crippen molar-refractivity contribution < 1.29 is 14.6 Å². The van der Waals surface area contributed by atoms with E-state index in [1.807, 2.05) is 0 Å². The van der Waals surface area contributed by atoms with Crippen LogP contribution in [0.15, 0.2) is 0 Å². The predicted octanol–water partition coefficient (Wildman–Crippen LogP) is 1.89. The van der Waals surface area contributed by atoms with Gasteiger partial charge < -0.3 is 9.84 Å². The van der Waals surface area contributed by atoms with E-state index in [4.69, 9.17) is 9.84 Å². The molecule has 0 saturated heterocycles. The quantitative estimate of drug-likeness (QED) is 0.748. The zero-order valence-electron chi connectivity index (χ0n) is 11.1. The normalized spacial score (nSPS) is 27.1. The molecule has 0 aromatic heterocycles. The summed E-state index contributed by atoms with van der Waals surface area (Å²) in [5, 5.41) is 12.4. The maximum atomic E-state index is 11.1. The van der Waals surface area contributed by atoms with E-state index >= 15 is 0 Å². The molecule has 0 amide bonds. The molecule has 1 saturated carbocycles. The fourth-order valence-corrected chi connectivity index (χ4v) is 2.78. The lowest BCUT2D eigenvalue weighted by atomic mass is 9.77. The van der Waals surface area contributed by atoms with Crippen LogP contribution in [0.5, 0.6) is 0 Å². The number of carboxylic acid groups (broad SMARTS) is 1. The van der Waals surface area contributed by atoms with Gasteiger partial charge in [0.25, 0.3) is 0 Å². The van der Waals surface area contributed by atoms with Crippen molar-refractivity contribution in [2.75, 3.05) is 13.7 Å². The van der Waals surface area contributed by atoms with Crippen LogP contribution in [0, 0.1) is 11.8 Å². The van der Waals surface area contributed by atoms with Crippen molar-refractivity contribution >= 4 is 5.97 Å². The summed E-state index contributed by atoms with van der Waals surface area (Å²) in [5.74, 6) is 0.368. The summed E-state index contributed by atoms with van der Waals surface area (Å²) in [6.45, 7) is 4.67. The fraction of sp³-hybridized carbons (Fsp3) is 0.923. The Balaban J connectivity index is 2.58. The van der Waals surface area contributed by atoms with Gasteiger partial charge in [0.1, 0.15) is 6.04 Å². The first-order valence-corrected chi connectivity index (χ1v) is 6.54. The maximum absolute atomic E-state index is 11.1. The molecule has 0 heterocycles. The average molecular weight is 243 g/mol. The molecule has 1 fully saturated rings. The van der Waals surface area contributed by atoms with E-state index in [2.05, 4.69) is 19.2 Å². The molecule has 0 bridgehead atoms. The summed E-state index contributed by atoms with van der Waals surface area (Å²) < 4.78 is 4.96. The van der Waals surface area contributed by atoms with Gasteiger partial charge >= 0.3 is 5.97 Å². The summed E-state index contributed by atoms with van der Waals surface area (Å²) >= 11 is 0. The van der Waals surface area contributed by atoms with Gasteiger partial charge in [-0.15, -0.1) is 0 Å². The number of methoxy groups -OCH3 is 1. The average Bonchev–Trinajstić information content (AvgIpc) is 2.28. The first-order valence-electron chi connectivity index (χ1n) is 6.54. The second kappa shape index (κ2) is 6.97. The minimum absolute atomic E-state index is 0.233. The number of aliphatic carboxylic acids is 1. The van der Waals surface area contributed by atoms with Gasteiger partial charge in [0.2, 0.25) is 0 Å². The Morgan fingerprint density at radius 3 is 2.59 bits per heavy atom. The van der Waals surface area contributed by atoms with E-state index < -0.39 is 12.0 Å². The zero-order valence-corrected chi connectivity index (χ0v) is 11.1. The van der Waals surface area contributed by atoms with Crippen molar-refractivity contribution in [3.05, 3.63) is 0 Å². The molecule has 0 radical (unpaired) electrons. The van der Waals surface area contributed by atoms with Crippen LogP contribution in [0.1, 0.15) is 39.5 Å². The van der Waals surface area contributed by atoms with Crippen LogP contribution in [0.4, 0.5) is 0 Å². The largest absolute Gasteiger partial charge is 0.480 e. The minimum atomic E-state index is -0.820. The Labute approximate surface area is 104 Å². The highest BCUT2D eigenvalue weighted by molar-refractivity contribution is 5.73. The van der Waals surface area contributed by atoms with Gasteiger partial charge in [-0.3, -0.25) is 10.1 Å². The van der Waals surface area contributed by atoms with Gasteiger partial charge in [-0.25, -0.2) is 0 Å². The molecule has 17 heavy (non-hydrogen) atoms. The summed E-state index contributed by atoms with van der Waals surface area (Å²) in [7, 11) is 1.54. The van der Waals surface area contributed by atoms with Crippen molar-refractivity contribution in [2.24, 2.45) is 11.8 Å². The molecule has 1 aliphatic rings.